The second kappa shape index (κ2) is 5.40. The van der Waals surface area contributed by atoms with Gasteiger partial charge in [-0.25, -0.2) is 4.98 Å². The molecule has 0 radical (unpaired) electrons. The summed E-state index contributed by atoms with van der Waals surface area (Å²) >= 11 is 1.34. The van der Waals surface area contributed by atoms with Gasteiger partial charge in [0.05, 0.1) is 17.1 Å². The summed E-state index contributed by atoms with van der Waals surface area (Å²) in [7, 11) is 0. The molecule has 0 aliphatic rings. The van der Waals surface area contributed by atoms with Gasteiger partial charge in [0.1, 0.15) is 0 Å². The summed E-state index contributed by atoms with van der Waals surface area (Å²) in [5, 5.41) is 3.47. The highest BCUT2D eigenvalue weighted by molar-refractivity contribution is 7.99. The highest BCUT2D eigenvalue weighted by Gasteiger charge is 2.06. The molecular weight excluding hydrogens is 236 g/mol. The van der Waals surface area contributed by atoms with E-state index in [0.29, 0.717) is 17.1 Å². The minimum Gasteiger partial charge on any atom is -0.397 e. The van der Waals surface area contributed by atoms with E-state index >= 15 is 0 Å². The van der Waals surface area contributed by atoms with Crippen LogP contribution < -0.4 is 11.1 Å². The molecular formula is C11H12N4OS. The van der Waals surface area contributed by atoms with E-state index in [2.05, 4.69) is 15.3 Å². The molecule has 1 aromatic heterocycles. The quantitative estimate of drug-likeness (QED) is 0.568. The average molecular weight is 248 g/mol. The third kappa shape index (κ3) is 3.25. The number of nitrogens with zero attached hydrogens (tertiary/aromatic N) is 1. The molecule has 17 heavy (non-hydrogen) atoms. The van der Waals surface area contributed by atoms with Crippen molar-refractivity contribution in [1.29, 1.82) is 0 Å². The second-order valence-corrected chi connectivity index (χ2v) is 4.28. The van der Waals surface area contributed by atoms with E-state index in [4.69, 9.17) is 5.73 Å². The number of imidazole rings is 1. The fraction of sp³-hybridized carbons (Fsp3) is 0.0909. The molecule has 1 amide bonds. The van der Waals surface area contributed by atoms with Crippen molar-refractivity contribution >= 4 is 29.0 Å². The molecule has 0 saturated carbocycles. The van der Waals surface area contributed by atoms with Gasteiger partial charge in [0.25, 0.3) is 0 Å². The van der Waals surface area contributed by atoms with Gasteiger partial charge in [-0.2, -0.15) is 0 Å². The van der Waals surface area contributed by atoms with Gasteiger partial charge in [0.2, 0.25) is 5.91 Å². The van der Waals surface area contributed by atoms with Gasteiger partial charge in [-0.1, -0.05) is 23.9 Å². The maximum atomic E-state index is 11.6. The van der Waals surface area contributed by atoms with E-state index in [-0.39, 0.29) is 5.91 Å². The van der Waals surface area contributed by atoms with E-state index in [1.165, 1.54) is 11.8 Å². The first-order chi connectivity index (χ1) is 8.25. The molecule has 88 valence electrons. The third-order valence-electron chi connectivity index (χ3n) is 2.05. The van der Waals surface area contributed by atoms with Crippen molar-refractivity contribution in [2.75, 3.05) is 16.8 Å². The number of aromatic amines is 1. The summed E-state index contributed by atoms with van der Waals surface area (Å²) in [4.78, 5) is 18.6. The Bertz CT molecular complexity index is 498. The number of H-pyrrole nitrogens is 1. The van der Waals surface area contributed by atoms with Gasteiger partial charge in [-0.3, -0.25) is 4.79 Å². The lowest BCUT2D eigenvalue weighted by molar-refractivity contribution is -0.113. The molecule has 0 atom stereocenters. The first kappa shape index (κ1) is 11.5. The van der Waals surface area contributed by atoms with Crippen LogP contribution in [0.25, 0.3) is 0 Å². The number of amides is 1. The van der Waals surface area contributed by atoms with E-state index in [1.54, 1.807) is 24.5 Å². The molecule has 0 aliphatic heterocycles. The van der Waals surface area contributed by atoms with Gasteiger partial charge < -0.3 is 16.0 Å². The monoisotopic (exact) mass is 248 g/mol. The van der Waals surface area contributed by atoms with Crippen LogP contribution in [0.3, 0.4) is 0 Å². The molecule has 0 bridgehead atoms. The summed E-state index contributed by atoms with van der Waals surface area (Å²) < 4.78 is 0. The highest BCUT2D eigenvalue weighted by atomic mass is 32.2. The number of rotatable bonds is 4. The van der Waals surface area contributed by atoms with Crippen LogP contribution in [0.4, 0.5) is 11.4 Å². The number of carbonyl (C=O) groups excluding carboxylic acids is 1. The second-order valence-electron chi connectivity index (χ2n) is 3.32. The number of nitrogens with one attached hydrogen (secondary N) is 2. The van der Waals surface area contributed by atoms with Gasteiger partial charge >= 0.3 is 0 Å². The van der Waals surface area contributed by atoms with E-state index in [0.717, 1.165) is 5.16 Å². The van der Waals surface area contributed by atoms with Crippen LogP contribution in [-0.4, -0.2) is 21.6 Å². The van der Waals surface area contributed by atoms with E-state index in [1.807, 2.05) is 12.1 Å². The Morgan fingerprint density at radius 2 is 2.29 bits per heavy atom. The SMILES string of the molecule is Nc1ccccc1NC(=O)CSc1ncc[nH]1. The van der Waals surface area contributed by atoms with Crippen LogP contribution in [-0.2, 0) is 4.79 Å². The van der Waals surface area contributed by atoms with Gasteiger partial charge in [0.15, 0.2) is 5.16 Å². The number of carbonyl (C=O) groups is 1. The maximum Gasteiger partial charge on any atom is 0.234 e. The minimum absolute atomic E-state index is 0.107. The Hall–Kier alpha value is -1.95. The van der Waals surface area contributed by atoms with Crippen LogP contribution in [0.5, 0.6) is 0 Å². The molecule has 1 aromatic carbocycles. The van der Waals surface area contributed by atoms with Crippen LogP contribution in [0.15, 0.2) is 41.8 Å². The van der Waals surface area contributed by atoms with Gasteiger partial charge in [-0.05, 0) is 12.1 Å². The summed E-state index contributed by atoms with van der Waals surface area (Å²) in [6.07, 6.45) is 3.37. The van der Waals surface area contributed by atoms with Crippen LogP contribution >= 0.6 is 11.8 Å². The zero-order valence-electron chi connectivity index (χ0n) is 9.01. The molecule has 4 N–H and O–H groups in total. The summed E-state index contributed by atoms with van der Waals surface area (Å²) in [5.41, 5.74) is 6.92. The number of thioether (sulfide) groups is 1. The molecule has 2 aromatic rings. The third-order valence-corrected chi connectivity index (χ3v) is 2.95. The lowest BCUT2D eigenvalue weighted by atomic mass is 10.3. The summed E-state index contributed by atoms with van der Waals surface area (Å²) in [6.45, 7) is 0. The molecule has 2 rings (SSSR count). The Morgan fingerprint density at radius 1 is 1.47 bits per heavy atom. The number of hydrogen-bond donors (Lipinski definition) is 3. The Labute approximate surface area is 103 Å². The molecule has 1 heterocycles. The Kier molecular flexibility index (Phi) is 3.66. The molecule has 0 aliphatic carbocycles. The number of anilines is 2. The van der Waals surface area contributed by atoms with Crippen molar-refractivity contribution in [3.8, 4) is 0 Å². The normalized spacial score (nSPS) is 10.1. The number of nitrogen functional groups attached to an aromatic ring is 1. The predicted molar refractivity (Wildman–Crippen MR) is 68.8 cm³/mol. The lowest BCUT2D eigenvalue weighted by Gasteiger charge is -2.06. The largest absolute Gasteiger partial charge is 0.397 e. The van der Waals surface area contributed by atoms with Crippen LogP contribution in [0.1, 0.15) is 0 Å². The Balaban J connectivity index is 1.87. The number of benzene rings is 1. The molecule has 0 unspecified atom stereocenters. The van der Waals surface area contributed by atoms with Crippen molar-refractivity contribution in [2.24, 2.45) is 0 Å². The predicted octanol–water partition coefficient (Wildman–Crippen LogP) is 1.72. The van der Waals surface area contributed by atoms with Crippen LogP contribution in [0.2, 0.25) is 0 Å². The average Bonchev–Trinajstić information content (AvgIpc) is 2.82. The van der Waals surface area contributed by atoms with Crippen molar-refractivity contribution in [3.05, 3.63) is 36.7 Å². The number of aromatic nitrogens is 2. The fourth-order valence-electron chi connectivity index (χ4n) is 1.26. The maximum absolute atomic E-state index is 11.6. The summed E-state index contributed by atoms with van der Waals surface area (Å²) in [5.74, 6) is 0.186. The molecule has 0 saturated heterocycles. The number of nitrogens with two attached hydrogens (primary N) is 1. The molecule has 6 heteroatoms. The zero-order valence-corrected chi connectivity index (χ0v) is 9.83. The fourth-order valence-corrected chi connectivity index (χ4v) is 1.89. The lowest BCUT2D eigenvalue weighted by Crippen LogP contribution is -2.15. The first-order valence-electron chi connectivity index (χ1n) is 5.02. The zero-order chi connectivity index (χ0) is 12.1. The standard InChI is InChI=1S/C11H12N4OS/c12-8-3-1-2-4-9(8)15-10(16)7-17-11-13-5-6-14-11/h1-6H,7,12H2,(H,13,14)(H,15,16). The van der Waals surface area contributed by atoms with E-state index in [9.17, 15) is 4.79 Å². The van der Waals surface area contributed by atoms with E-state index < -0.39 is 0 Å². The smallest absolute Gasteiger partial charge is 0.234 e. The molecule has 0 fully saturated rings. The number of para-hydroxylation sites is 2. The first-order valence-corrected chi connectivity index (χ1v) is 6.01. The minimum atomic E-state index is -0.107. The topological polar surface area (TPSA) is 83.8 Å². The summed E-state index contributed by atoms with van der Waals surface area (Å²) in [6, 6.07) is 7.16. The number of hydrogen-bond acceptors (Lipinski definition) is 4. The van der Waals surface area contributed by atoms with Crippen LogP contribution in [0, 0.1) is 0 Å². The van der Waals surface area contributed by atoms with Crippen molar-refractivity contribution < 1.29 is 4.79 Å². The Morgan fingerprint density at radius 3 is 3.00 bits per heavy atom. The van der Waals surface area contributed by atoms with Gasteiger partial charge in [-0.15, -0.1) is 0 Å². The van der Waals surface area contributed by atoms with Crippen molar-refractivity contribution in [3.63, 3.8) is 0 Å². The van der Waals surface area contributed by atoms with Crippen molar-refractivity contribution in [1.82, 2.24) is 9.97 Å². The van der Waals surface area contributed by atoms with Gasteiger partial charge in [0, 0.05) is 12.4 Å². The van der Waals surface area contributed by atoms with Crippen molar-refractivity contribution in [2.45, 2.75) is 5.16 Å². The molecule has 5 nitrogen and oxygen atoms in total. The molecule has 0 spiro atoms. The highest BCUT2D eigenvalue weighted by Crippen LogP contribution is 2.18.